The van der Waals surface area contributed by atoms with Crippen LogP contribution in [0.4, 0.5) is 0 Å². The molecular weight excluding hydrogens is 635 g/mol. The molecule has 248 valence electrons. The smallest absolute Gasteiger partial charge is 0.164 e. The van der Waals surface area contributed by atoms with Gasteiger partial charge < -0.3 is 4.74 Å². The lowest BCUT2D eigenvalue weighted by atomic mass is 9.75. The zero-order chi connectivity index (χ0) is 35.1. The molecule has 0 bridgehead atoms. The van der Waals surface area contributed by atoms with E-state index in [2.05, 4.69) is 123 Å². The molecule has 7 aromatic carbocycles. The molecule has 0 fully saturated rings. The van der Waals surface area contributed by atoms with Crippen LogP contribution in [0.25, 0.3) is 67.5 Å². The van der Waals surface area contributed by atoms with Crippen molar-refractivity contribution in [1.82, 2.24) is 15.0 Å². The maximum Gasteiger partial charge on any atom is 0.164 e. The molecule has 0 atom stereocenters. The fraction of sp³-hybridized carbons (Fsp3) is 0.0625. The largest absolute Gasteiger partial charge is 0.457 e. The Morgan fingerprint density at radius 3 is 1.44 bits per heavy atom. The van der Waals surface area contributed by atoms with E-state index in [0.717, 1.165) is 61.6 Å². The average Bonchev–Trinajstić information content (AvgIpc) is 3.21. The number of nitrogens with zero attached hydrogens (tertiary/aromatic N) is 3. The minimum absolute atomic E-state index is 0.198. The summed E-state index contributed by atoms with van der Waals surface area (Å²) in [5.74, 6) is 3.64. The third-order valence-corrected chi connectivity index (χ3v) is 9.98. The molecular formula is C48H35N3O. The first-order valence-electron chi connectivity index (χ1n) is 17.6. The van der Waals surface area contributed by atoms with E-state index in [1.165, 1.54) is 11.1 Å². The molecule has 4 nitrogen and oxygen atoms in total. The van der Waals surface area contributed by atoms with Crippen molar-refractivity contribution in [3.05, 3.63) is 187 Å². The molecule has 2 heterocycles. The number of benzene rings is 7. The van der Waals surface area contributed by atoms with Gasteiger partial charge in [0.05, 0.1) is 0 Å². The SMILES string of the molecule is CC1(C)c2ccccc2Oc2cc(-c3cc(-c4nc(-c5ccccc5)nc(-c5ccccc5)n4)cc(-c4ccccc4-c4ccccc4)c3)ccc21. The molecule has 4 heteroatoms. The molecule has 1 aliphatic heterocycles. The quantitative estimate of drug-likeness (QED) is 0.177. The van der Waals surface area contributed by atoms with Gasteiger partial charge in [-0.2, -0.15) is 0 Å². The Bertz CT molecular complexity index is 2510. The molecule has 9 rings (SSSR count). The first kappa shape index (κ1) is 31.3. The van der Waals surface area contributed by atoms with Crippen LogP contribution in [-0.4, -0.2) is 15.0 Å². The molecule has 0 amide bonds. The molecule has 0 saturated carbocycles. The number of ether oxygens (including phenoxy) is 1. The molecule has 0 spiro atoms. The highest BCUT2D eigenvalue weighted by Crippen LogP contribution is 2.49. The highest BCUT2D eigenvalue weighted by Gasteiger charge is 2.34. The molecule has 0 radical (unpaired) electrons. The van der Waals surface area contributed by atoms with Crippen LogP contribution in [0.2, 0.25) is 0 Å². The van der Waals surface area contributed by atoms with E-state index in [4.69, 9.17) is 19.7 Å². The molecule has 0 aliphatic carbocycles. The molecule has 52 heavy (non-hydrogen) atoms. The van der Waals surface area contributed by atoms with Crippen LogP contribution in [0.15, 0.2) is 176 Å². The third-order valence-electron chi connectivity index (χ3n) is 9.98. The Balaban J connectivity index is 1.26. The summed E-state index contributed by atoms with van der Waals surface area (Å²) in [4.78, 5) is 15.2. The van der Waals surface area contributed by atoms with E-state index in [1.54, 1.807) is 0 Å². The number of para-hydroxylation sites is 1. The highest BCUT2D eigenvalue weighted by atomic mass is 16.5. The predicted molar refractivity (Wildman–Crippen MR) is 211 cm³/mol. The Kier molecular flexibility index (Phi) is 7.78. The van der Waals surface area contributed by atoms with Gasteiger partial charge in [-0.3, -0.25) is 0 Å². The van der Waals surface area contributed by atoms with Crippen molar-refractivity contribution in [3.8, 4) is 79.0 Å². The fourth-order valence-electron chi connectivity index (χ4n) is 7.26. The molecule has 0 saturated heterocycles. The minimum atomic E-state index is -0.198. The van der Waals surface area contributed by atoms with E-state index in [9.17, 15) is 0 Å². The van der Waals surface area contributed by atoms with E-state index in [0.29, 0.717) is 17.5 Å². The Hall–Kier alpha value is -6.65. The Labute approximate surface area is 304 Å². The van der Waals surface area contributed by atoms with Crippen molar-refractivity contribution in [2.45, 2.75) is 19.3 Å². The van der Waals surface area contributed by atoms with Crippen LogP contribution in [0, 0.1) is 0 Å². The van der Waals surface area contributed by atoms with Gasteiger partial charge in [-0.15, -0.1) is 0 Å². The summed E-state index contributed by atoms with van der Waals surface area (Å²) in [7, 11) is 0. The minimum Gasteiger partial charge on any atom is -0.457 e. The zero-order valence-corrected chi connectivity index (χ0v) is 29.0. The van der Waals surface area contributed by atoms with Crippen LogP contribution in [0.5, 0.6) is 11.5 Å². The van der Waals surface area contributed by atoms with E-state index >= 15 is 0 Å². The van der Waals surface area contributed by atoms with E-state index < -0.39 is 0 Å². The van der Waals surface area contributed by atoms with Crippen molar-refractivity contribution in [2.24, 2.45) is 0 Å². The van der Waals surface area contributed by atoms with E-state index in [-0.39, 0.29) is 5.41 Å². The molecule has 0 unspecified atom stereocenters. The van der Waals surface area contributed by atoms with Crippen LogP contribution >= 0.6 is 0 Å². The Morgan fingerprint density at radius 2 is 0.808 bits per heavy atom. The number of rotatable bonds is 6. The number of fused-ring (bicyclic) bond motifs is 2. The molecule has 1 aliphatic rings. The zero-order valence-electron chi connectivity index (χ0n) is 29.0. The molecule has 8 aromatic rings. The summed E-state index contributed by atoms with van der Waals surface area (Å²) in [6.07, 6.45) is 0. The fourth-order valence-corrected chi connectivity index (χ4v) is 7.26. The topological polar surface area (TPSA) is 47.9 Å². The number of hydrogen-bond acceptors (Lipinski definition) is 4. The lowest BCUT2D eigenvalue weighted by Gasteiger charge is -2.34. The van der Waals surface area contributed by atoms with Gasteiger partial charge in [0, 0.05) is 33.2 Å². The van der Waals surface area contributed by atoms with Gasteiger partial charge >= 0.3 is 0 Å². The summed E-state index contributed by atoms with van der Waals surface area (Å²) in [6, 6.07) is 61.0. The number of aromatic nitrogens is 3. The van der Waals surface area contributed by atoms with Gasteiger partial charge in [0.15, 0.2) is 17.5 Å². The third kappa shape index (κ3) is 5.74. The summed E-state index contributed by atoms with van der Waals surface area (Å²) < 4.78 is 6.58. The van der Waals surface area contributed by atoms with Crippen LogP contribution < -0.4 is 4.74 Å². The summed E-state index contributed by atoms with van der Waals surface area (Å²) in [6.45, 7) is 4.53. The van der Waals surface area contributed by atoms with Gasteiger partial charge in [-0.05, 0) is 63.7 Å². The van der Waals surface area contributed by atoms with Gasteiger partial charge in [-0.1, -0.05) is 159 Å². The average molecular weight is 670 g/mol. The van der Waals surface area contributed by atoms with Crippen LogP contribution in [-0.2, 0) is 5.41 Å². The van der Waals surface area contributed by atoms with Crippen LogP contribution in [0.3, 0.4) is 0 Å². The monoisotopic (exact) mass is 669 g/mol. The Morgan fingerprint density at radius 1 is 0.346 bits per heavy atom. The summed E-state index contributed by atoms with van der Waals surface area (Å²) in [5, 5.41) is 0. The van der Waals surface area contributed by atoms with Crippen molar-refractivity contribution >= 4 is 0 Å². The normalized spacial score (nSPS) is 12.7. The maximum absolute atomic E-state index is 6.58. The first-order chi connectivity index (χ1) is 25.5. The highest BCUT2D eigenvalue weighted by molar-refractivity contribution is 5.88. The van der Waals surface area contributed by atoms with Crippen molar-refractivity contribution in [1.29, 1.82) is 0 Å². The maximum atomic E-state index is 6.58. The predicted octanol–water partition coefficient (Wildman–Crippen LogP) is 12.3. The standard InChI is InChI=1S/C48H35N3O/c1-48(2)41-24-14-15-25-43(41)52-44-31-35(26-27-42(44)48)36-28-37(40-23-13-12-22-39(40)32-16-6-3-7-17-32)30-38(29-36)47-50-45(33-18-8-4-9-19-33)49-46(51-47)34-20-10-5-11-21-34/h3-31H,1-2H3. The summed E-state index contributed by atoms with van der Waals surface area (Å²) in [5.41, 5.74) is 11.5. The molecule has 1 aromatic heterocycles. The van der Waals surface area contributed by atoms with E-state index in [1.807, 2.05) is 66.7 Å². The van der Waals surface area contributed by atoms with Crippen LogP contribution in [0.1, 0.15) is 25.0 Å². The molecule has 0 N–H and O–H groups in total. The lowest BCUT2D eigenvalue weighted by Crippen LogP contribution is -2.24. The van der Waals surface area contributed by atoms with Crippen molar-refractivity contribution in [3.63, 3.8) is 0 Å². The van der Waals surface area contributed by atoms with Gasteiger partial charge in [0.1, 0.15) is 11.5 Å². The van der Waals surface area contributed by atoms with Crippen molar-refractivity contribution < 1.29 is 4.74 Å². The van der Waals surface area contributed by atoms with Gasteiger partial charge in [0.2, 0.25) is 0 Å². The first-order valence-corrected chi connectivity index (χ1v) is 17.6. The summed E-state index contributed by atoms with van der Waals surface area (Å²) >= 11 is 0. The second-order valence-electron chi connectivity index (χ2n) is 13.7. The van der Waals surface area contributed by atoms with Gasteiger partial charge in [-0.25, -0.2) is 15.0 Å². The number of hydrogen-bond donors (Lipinski definition) is 0. The van der Waals surface area contributed by atoms with Crippen molar-refractivity contribution in [2.75, 3.05) is 0 Å². The second-order valence-corrected chi connectivity index (χ2v) is 13.7. The second kappa shape index (κ2) is 12.9. The van der Waals surface area contributed by atoms with Gasteiger partial charge in [0.25, 0.3) is 0 Å². The lowest BCUT2D eigenvalue weighted by molar-refractivity contribution is 0.418.